The van der Waals surface area contributed by atoms with Crippen molar-refractivity contribution in [2.75, 3.05) is 26.2 Å². The van der Waals surface area contributed by atoms with E-state index in [-0.39, 0.29) is 23.0 Å². The van der Waals surface area contributed by atoms with Crippen molar-refractivity contribution in [3.05, 3.63) is 29.8 Å². The van der Waals surface area contributed by atoms with Gasteiger partial charge in [0, 0.05) is 19.6 Å². The summed E-state index contributed by atoms with van der Waals surface area (Å²) in [6.07, 6.45) is 3.53. The summed E-state index contributed by atoms with van der Waals surface area (Å²) in [5.41, 5.74) is 0.211. The predicted molar refractivity (Wildman–Crippen MR) is 102 cm³/mol. The summed E-state index contributed by atoms with van der Waals surface area (Å²) in [6.45, 7) is 5.36. The Morgan fingerprint density at radius 2 is 1.81 bits per heavy atom. The average Bonchev–Trinajstić information content (AvgIpc) is 2.67. The van der Waals surface area contributed by atoms with E-state index in [9.17, 15) is 18.0 Å². The van der Waals surface area contributed by atoms with Gasteiger partial charge in [0.15, 0.2) is 6.61 Å². The van der Waals surface area contributed by atoms with Crippen molar-refractivity contribution in [3.8, 4) is 0 Å². The van der Waals surface area contributed by atoms with E-state index in [1.807, 2.05) is 6.92 Å². The van der Waals surface area contributed by atoms with Crippen LogP contribution >= 0.6 is 0 Å². The summed E-state index contributed by atoms with van der Waals surface area (Å²) in [7, 11) is -3.55. The Kier molecular flexibility index (Phi) is 7.79. The Morgan fingerprint density at radius 3 is 2.41 bits per heavy atom. The van der Waals surface area contributed by atoms with E-state index in [2.05, 4.69) is 12.2 Å². The molecular formula is C19H28N2O5S. The molecule has 0 aliphatic carbocycles. The molecule has 0 saturated carbocycles. The zero-order chi connectivity index (χ0) is 19.9. The topological polar surface area (TPSA) is 92.8 Å². The van der Waals surface area contributed by atoms with E-state index in [0.29, 0.717) is 25.6 Å². The molecule has 8 heteroatoms. The molecule has 7 nitrogen and oxygen atoms in total. The van der Waals surface area contributed by atoms with Crippen LogP contribution < -0.4 is 5.32 Å². The third-order valence-corrected chi connectivity index (χ3v) is 6.57. The Morgan fingerprint density at radius 1 is 1.19 bits per heavy atom. The monoisotopic (exact) mass is 396 g/mol. The standard InChI is InChI=1S/C19H28N2O5S/c1-3-4-11-20-18(22)14-26-19(23)16-5-7-17(8-6-16)27(24,25)21-12-9-15(2)10-13-21/h5-8,15H,3-4,9-14H2,1-2H3,(H,20,22). The molecule has 1 amide bonds. The predicted octanol–water partition coefficient (Wildman–Crippen LogP) is 2.18. The van der Waals surface area contributed by atoms with Crippen molar-refractivity contribution in [1.29, 1.82) is 0 Å². The van der Waals surface area contributed by atoms with Crippen LogP contribution in [-0.4, -0.2) is 50.8 Å². The van der Waals surface area contributed by atoms with E-state index in [4.69, 9.17) is 4.74 Å². The Labute approximate surface area is 161 Å². The molecule has 1 aromatic rings. The molecule has 2 rings (SSSR count). The lowest BCUT2D eigenvalue weighted by molar-refractivity contribution is -0.124. The lowest BCUT2D eigenvalue weighted by atomic mass is 10.0. The van der Waals surface area contributed by atoms with Gasteiger partial charge in [-0.3, -0.25) is 4.79 Å². The fraction of sp³-hybridized carbons (Fsp3) is 0.579. The van der Waals surface area contributed by atoms with Crippen molar-refractivity contribution in [1.82, 2.24) is 9.62 Å². The van der Waals surface area contributed by atoms with Gasteiger partial charge in [-0.25, -0.2) is 13.2 Å². The molecule has 1 fully saturated rings. The van der Waals surface area contributed by atoms with E-state index in [1.54, 1.807) is 0 Å². The molecule has 0 unspecified atom stereocenters. The molecule has 1 N–H and O–H groups in total. The highest BCUT2D eigenvalue weighted by Gasteiger charge is 2.28. The number of piperidine rings is 1. The summed E-state index contributed by atoms with van der Waals surface area (Å²) >= 11 is 0. The van der Waals surface area contributed by atoms with Gasteiger partial charge in [0.25, 0.3) is 5.91 Å². The number of hydrogen-bond acceptors (Lipinski definition) is 5. The van der Waals surface area contributed by atoms with E-state index in [0.717, 1.165) is 25.7 Å². The third-order valence-electron chi connectivity index (χ3n) is 4.66. The second kappa shape index (κ2) is 9.85. The van der Waals surface area contributed by atoms with Crippen LogP contribution in [0.3, 0.4) is 0 Å². The number of benzene rings is 1. The zero-order valence-electron chi connectivity index (χ0n) is 15.9. The van der Waals surface area contributed by atoms with Gasteiger partial charge < -0.3 is 10.1 Å². The van der Waals surface area contributed by atoms with Crippen molar-refractivity contribution in [3.63, 3.8) is 0 Å². The largest absolute Gasteiger partial charge is 0.452 e. The second-order valence-electron chi connectivity index (χ2n) is 6.89. The highest BCUT2D eigenvalue weighted by molar-refractivity contribution is 7.89. The van der Waals surface area contributed by atoms with Crippen LogP contribution in [0.4, 0.5) is 0 Å². The fourth-order valence-electron chi connectivity index (χ4n) is 2.81. The first kappa shape index (κ1) is 21.4. The number of carbonyl (C=O) groups is 2. The number of amides is 1. The second-order valence-corrected chi connectivity index (χ2v) is 8.83. The minimum atomic E-state index is -3.55. The number of nitrogens with one attached hydrogen (secondary N) is 1. The van der Waals surface area contributed by atoms with Crippen LogP contribution in [0.25, 0.3) is 0 Å². The molecule has 0 spiro atoms. The van der Waals surface area contributed by atoms with Gasteiger partial charge in [-0.05, 0) is 49.4 Å². The molecule has 27 heavy (non-hydrogen) atoms. The number of nitrogens with zero attached hydrogens (tertiary/aromatic N) is 1. The van der Waals surface area contributed by atoms with E-state index < -0.39 is 16.0 Å². The van der Waals surface area contributed by atoms with Crippen LogP contribution in [0.2, 0.25) is 0 Å². The van der Waals surface area contributed by atoms with Gasteiger partial charge in [0.05, 0.1) is 10.5 Å². The maximum Gasteiger partial charge on any atom is 0.338 e. The minimum absolute atomic E-state index is 0.158. The molecular weight excluding hydrogens is 368 g/mol. The maximum absolute atomic E-state index is 12.7. The van der Waals surface area contributed by atoms with Gasteiger partial charge in [-0.2, -0.15) is 4.31 Å². The number of rotatable bonds is 8. The normalized spacial score (nSPS) is 16.1. The molecule has 1 aromatic carbocycles. The molecule has 150 valence electrons. The summed E-state index contributed by atoms with van der Waals surface area (Å²) < 4.78 is 31.8. The number of hydrogen-bond donors (Lipinski definition) is 1. The van der Waals surface area contributed by atoms with Crippen LogP contribution in [0.1, 0.15) is 49.9 Å². The van der Waals surface area contributed by atoms with Crippen LogP contribution in [0.5, 0.6) is 0 Å². The zero-order valence-corrected chi connectivity index (χ0v) is 16.8. The smallest absolute Gasteiger partial charge is 0.338 e. The average molecular weight is 397 g/mol. The third kappa shape index (κ3) is 6.04. The Bertz CT molecular complexity index is 738. The number of ether oxygens (including phenoxy) is 1. The fourth-order valence-corrected chi connectivity index (χ4v) is 4.28. The van der Waals surface area contributed by atoms with Crippen molar-refractivity contribution in [2.45, 2.75) is 44.4 Å². The van der Waals surface area contributed by atoms with Crippen LogP contribution in [-0.2, 0) is 19.6 Å². The molecule has 1 heterocycles. The molecule has 1 aliphatic heterocycles. The van der Waals surface area contributed by atoms with Gasteiger partial charge in [0.1, 0.15) is 0 Å². The highest BCUT2D eigenvalue weighted by atomic mass is 32.2. The summed E-state index contributed by atoms with van der Waals surface area (Å²) in [6, 6.07) is 5.64. The molecule has 1 aliphatic rings. The van der Waals surface area contributed by atoms with Gasteiger partial charge in [-0.1, -0.05) is 20.3 Å². The molecule has 1 saturated heterocycles. The Balaban J connectivity index is 1.92. The first-order chi connectivity index (χ1) is 12.8. The lowest BCUT2D eigenvalue weighted by Gasteiger charge is -2.29. The molecule has 0 aromatic heterocycles. The summed E-state index contributed by atoms with van der Waals surface area (Å²) in [4.78, 5) is 23.7. The first-order valence-electron chi connectivity index (χ1n) is 9.38. The summed E-state index contributed by atoms with van der Waals surface area (Å²) in [5.74, 6) is -0.473. The quantitative estimate of drug-likeness (QED) is 0.537. The lowest BCUT2D eigenvalue weighted by Crippen LogP contribution is -2.37. The van der Waals surface area contributed by atoms with E-state index >= 15 is 0 Å². The molecule has 0 atom stereocenters. The maximum atomic E-state index is 12.7. The van der Waals surface area contributed by atoms with Crippen LogP contribution in [0.15, 0.2) is 29.2 Å². The number of carbonyl (C=O) groups excluding carboxylic acids is 2. The molecule has 0 bridgehead atoms. The van der Waals surface area contributed by atoms with E-state index in [1.165, 1.54) is 28.6 Å². The number of esters is 1. The number of unbranched alkanes of at least 4 members (excludes halogenated alkanes) is 1. The highest BCUT2D eigenvalue weighted by Crippen LogP contribution is 2.23. The van der Waals surface area contributed by atoms with Gasteiger partial charge in [0.2, 0.25) is 10.0 Å². The van der Waals surface area contributed by atoms with Gasteiger partial charge in [-0.15, -0.1) is 0 Å². The van der Waals surface area contributed by atoms with Crippen LogP contribution in [0, 0.1) is 5.92 Å². The minimum Gasteiger partial charge on any atom is -0.452 e. The number of sulfonamides is 1. The first-order valence-corrected chi connectivity index (χ1v) is 10.8. The molecule has 0 radical (unpaired) electrons. The Hall–Kier alpha value is -1.93. The van der Waals surface area contributed by atoms with Crippen molar-refractivity contribution >= 4 is 21.9 Å². The SMILES string of the molecule is CCCCNC(=O)COC(=O)c1ccc(S(=O)(=O)N2CCC(C)CC2)cc1. The van der Waals surface area contributed by atoms with Crippen molar-refractivity contribution in [2.24, 2.45) is 5.92 Å². The summed E-state index contributed by atoms with van der Waals surface area (Å²) in [5, 5.41) is 2.66. The van der Waals surface area contributed by atoms with Crippen molar-refractivity contribution < 1.29 is 22.7 Å². The van der Waals surface area contributed by atoms with Gasteiger partial charge >= 0.3 is 5.97 Å².